The molecule has 0 spiro atoms. The van der Waals surface area contributed by atoms with E-state index in [4.69, 9.17) is 0 Å². The maximum absolute atomic E-state index is 3.67. The Morgan fingerprint density at radius 2 is 1.54 bits per heavy atom. The molecule has 0 amide bonds. The molecule has 0 bridgehead atoms. The molecule has 0 aliphatic carbocycles. The highest BCUT2D eigenvalue weighted by Gasteiger charge is 1.78. The van der Waals surface area contributed by atoms with Crippen LogP contribution in [0.3, 0.4) is 0 Å². The first kappa shape index (κ1) is 14.7. The van der Waals surface area contributed by atoms with Gasteiger partial charge in [-0.2, -0.15) is 0 Å². The fourth-order valence-electron chi connectivity index (χ4n) is 0.782. The molecule has 0 nitrogen and oxygen atoms in total. The molecule has 0 aliphatic heterocycles. The first-order chi connectivity index (χ1) is 6.33. The average molecular weight is 180 g/mol. The third-order valence-electron chi connectivity index (χ3n) is 1.40. The van der Waals surface area contributed by atoms with Crippen molar-refractivity contribution in [2.75, 3.05) is 0 Å². The number of rotatable bonds is 6. The van der Waals surface area contributed by atoms with E-state index in [9.17, 15) is 0 Å². The Bertz CT molecular complexity index is 120. The summed E-state index contributed by atoms with van der Waals surface area (Å²) < 4.78 is 0. The molecule has 0 heteroatoms. The van der Waals surface area contributed by atoms with Crippen molar-refractivity contribution < 1.29 is 0 Å². The number of hydrogen-bond donors (Lipinski definition) is 0. The van der Waals surface area contributed by atoms with Gasteiger partial charge in [-0.15, -0.1) is 13.2 Å². The molecule has 0 aromatic carbocycles. The molecule has 0 atom stereocenters. The monoisotopic (exact) mass is 180 g/mol. The van der Waals surface area contributed by atoms with E-state index in [-0.39, 0.29) is 0 Å². The first-order valence-corrected chi connectivity index (χ1v) is 5.16. The molecule has 0 N–H and O–H groups in total. The first-order valence-electron chi connectivity index (χ1n) is 5.16. The Morgan fingerprint density at radius 3 is 2.00 bits per heavy atom. The van der Waals surface area contributed by atoms with Crippen LogP contribution in [0.2, 0.25) is 0 Å². The fourth-order valence-corrected chi connectivity index (χ4v) is 0.782. The molecule has 0 rings (SSSR count). The van der Waals surface area contributed by atoms with E-state index in [1.54, 1.807) is 6.08 Å². The minimum absolute atomic E-state index is 1.15. The fraction of sp³-hybridized carbons (Fsp3) is 0.538. The Balaban J connectivity index is 0. The maximum atomic E-state index is 3.67. The van der Waals surface area contributed by atoms with Crippen LogP contribution < -0.4 is 0 Å². The molecule has 0 fully saturated rings. The van der Waals surface area contributed by atoms with E-state index in [1.165, 1.54) is 25.7 Å². The smallest absolute Gasteiger partial charge is 0.0348 e. The quantitative estimate of drug-likeness (QED) is 0.403. The maximum Gasteiger partial charge on any atom is -0.0348 e. The van der Waals surface area contributed by atoms with Crippen molar-refractivity contribution in [3.63, 3.8) is 0 Å². The van der Waals surface area contributed by atoms with Gasteiger partial charge in [-0.3, -0.25) is 0 Å². The van der Waals surface area contributed by atoms with Crippen LogP contribution >= 0.6 is 0 Å². The molecule has 0 aromatic rings. The predicted octanol–water partition coefficient (Wildman–Crippen LogP) is 4.89. The van der Waals surface area contributed by atoms with E-state index >= 15 is 0 Å². The molecule has 0 saturated carbocycles. The lowest BCUT2D eigenvalue weighted by molar-refractivity contribution is 0.860. The average Bonchev–Trinajstić information content (AvgIpc) is 2.13. The summed E-state index contributed by atoms with van der Waals surface area (Å²) in [5.74, 6) is 0. The van der Waals surface area contributed by atoms with Crippen LogP contribution in [0.1, 0.15) is 46.0 Å². The molecule has 0 radical (unpaired) electrons. The predicted molar refractivity (Wildman–Crippen MR) is 64.0 cm³/mol. The Hall–Kier alpha value is -0.780. The Kier molecular flexibility index (Phi) is 19.7. The van der Waals surface area contributed by atoms with Crippen LogP contribution in [0.15, 0.2) is 37.5 Å². The molecule has 0 aliphatic rings. The van der Waals surface area contributed by atoms with Gasteiger partial charge in [0.25, 0.3) is 0 Å². The largest absolute Gasteiger partial charge is 0.103 e. The van der Waals surface area contributed by atoms with Crippen molar-refractivity contribution in [3.8, 4) is 0 Å². The number of unbranched alkanes of at least 4 members (excludes halogenated alkanes) is 3. The van der Waals surface area contributed by atoms with Gasteiger partial charge in [0.1, 0.15) is 0 Å². The summed E-state index contributed by atoms with van der Waals surface area (Å²) in [6.07, 6.45) is 14.4. The van der Waals surface area contributed by atoms with Crippen LogP contribution in [0.5, 0.6) is 0 Å². The molecular formula is C13H24. The van der Waals surface area contributed by atoms with Gasteiger partial charge in [0, 0.05) is 0 Å². The van der Waals surface area contributed by atoms with E-state index in [2.05, 4.69) is 32.2 Å². The highest BCUT2D eigenvalue weighted by atomic mass is 13.8. The third kappa shape index (κ3) is 24.7. The van der Waals surface area contributed by atoms with Gasteiger partial charge < -0.3 is 0 Å². The van der Waals surface area contributed by atoms with Gasteiger partial charge in [0.2, 0.25) is 0 Å². The van der Waals surface area contributed by atoms with Gasteiger partial charge in [-0.25, -0.2) is 0 Å². The minimum Gasteiger partial charge on any atom is -0.103 e. The highest BCUT2D eigenvalue weighted by Crippen LogP contribution is 1.98. The van der Waals surface area contributed by atoms with Gasteiger partial charge in [0.05, 0.1) is 0 Å². The standard InChI is InChI=1S/C10H18.C3H6/c1-3-5-7-9-10-8-6-4-2;1-3-2/h3,8,10H,1,4-7,9H2,2H3;3H,1H2,2H3. The zero-order valence-corrected chi connectivity index (χ0v) is 9.26. The second-order valence-corrected chi connectivity index (χ2v) is 2.89. The lowest BCUT2D eigenvalue weighted by Crippen LogP contribution is -1.68. The Labute approximate surface area is 84.1 Å². The zero-order valence-electron chi connectivity index (χ0n) is 9.26. The molecule has 0 saturated heterocycles. The van der Waals surface area contributed by atoms with Crippen LogP contribution in [0, 0.1) is 0 Å². The van der Waals surface area contributed by atoms with Crippen molar-refractivity contribution in [3.05, 3.63) is 37.5 Å². The van der Waals surface area contributed by atoms with Crippen molar-refractivity contribution in [2.24, 2.45) is 0 Å². The van der Waals surface area contributed by atoms with Crippen LogP contribution in [0.25, 0.3) is 0 Å². The molecule has 0 unspecified atom stereocenters. The van der Waals surface area contributed by atoms with Gasteiger partial charge in [0.15, 0.2) is 0 Å². The topological polar surface area (TPSA) is 0 Å². The van der Waals surface area contributed by atoms with Crippen LogP contribution in [-0.4, -0.2) is 0 Å². The number of allylic oxidation sites excluding steroid dienone is 4. The Morgan fingerprint density at radius 1 is 1.00 bits per heavy atom. The third-order valence-corrected chi connectivity index (χ3v) is 1.40. The van der Waals surface area contributed by atoms with Crippen LogP contribution in [-0.2, 0) is 0 Å². The van der Waals surface area contributed by atoms with E-state index in [1.807, 2.05) is 13.0 Å². The highest BCUT2D eigenvalue weighted by molar-refractivity contribution is 4.81. The molecule has 13 heavy (non-hydrogen) atoms. The second-order valence-electron chi connectivity index (χ2n) is 2.89. The lowest BCUT2D eigenvalue weighted by atomic mass is 10.2. The molecular weight excluding hydrogens is 156 g/mol. The summed E-state index contributed by atoms with van der Waals surface area (Å²) in [5, 5.41) is 0. The lowest BCUT2D eigenvalue weighted by Gasteiger charge is -1.88. The van der Waals surface area contributed by atoms with Gasteiger partial charge in [-0.1, -0.05) is 37.6 Å². The van der Waals surface area contributed by atoms with Crippen molar-refractivity contribution in [1.29, 1.82) is 0 Å². The van der Waals surface area contributed by atoms with Crippen molar-refractivity contribution in [2.45, 2.75) is 46.0 Å². The summed E-state index contributed by atoms with van der Waals surface area (Å²) in [5.41, 5.74) is 0. The summed E-state index contributed by atoms with van der Waals surface area (Å²) in [7, 11) is 0. The molecule has 76 valence electrons. The van der Waals surface area contributed by atoms with Crippen molar-refractivity contribution in [1.82, 2.24) is 0 Å². The summed E-state index contributed by atoms with van der Waals surface area (Å²) in [6.45, 7) is 11.1. The van der Waals surface area contributed by atoms with E-state index in [0.29, 0.717) is 0 Å². The normalized spacial score (nSPS) is 9.08. The zero-order chi connectivity index (χ0) is 10.4. The molecule has 0 aromatic heterocycles. The number of hydrogen-bond acceptors (Lipinski definition) is 0. The van der Waals surface area contributed by atoms with Gasteiger partial charge in [-0.05, 0) is 32.6 Å². The van der Waals surface area contributed by atoms with Gasteiger partial charge >= 0.3 is 0 Å². The SMILES string of the molecule is C=CC.C=CCCCC=CCCC. The van der Waals surface area contributed by atoms with E-state index < -0.39 is 0 Å². The van der Waals surface area contributed by atoms with Crippen molar-refractivity contribution >= 4 is 0 Å². The summed E-state index contributed by atoms with van der Waals surface area (Å²) >= 11 is 0. The molecule has 0 heterocycles. The van der Waals surface area contributed by atoms with Crippen LogP contribution in [0.4, 0.5) is 0 Å². The summed E-state index contributed by atoms with van der Waals surface area (Å²) in [6, 6.07) is 0. The summed E-state index contributed by atoms with van der Waals surface area (Å²) in [4.78, 5) is 0. The minimum atomic E-state index is 1.15. The second kappa shape index (κ2) is 17.3. The van der Waals surface area contributed by atoms with E-state index in [0.717, 1.165) is 6.42 Å².